The van der Waals surface area contributed by atoms with E-state index in [1.807, 2.05) is 24.3 Å². The van der Waals surface area contributed by atoms with Crippen molar-refractivity contribution in [2.24, 2.45) is 0 Å². The Kier molecular flexibility index (Phi) is 4.43. The van der Waals surface area contributed by atoms with E-state index < -0.39 is 0 Å². The van der Waals surface area contributed by atoms with Gasteiger partial charge < -0.3 is 10.1 Å². The lowest BCUT2D eigenvalue weighted by atomic mass is 10.2. The number of benzene rings is 1. The molecule has 0 bridgehead atoms. The van der Waals surface area contributed by atoms with E-state index in [1.54, 1.807) is 7.11 Å². The number of amides is 1. The number of aromatic nitrogens is 3. The highest BCUT2D eigenvalue weighted by atomic mass is 16.5. The van der Waals surface area contributed by atoms with Gasteiger partial charge >= 0.3 is 0 Å². The number of methoxy groups -OCH3 is 1. The highest BCUT2D eigenvalue weighted by Gasteiger charge is 2.05. The summed E-state index contributed by atoms with van der Waals surface area (Å²) in [6.45, 7) is 0.413. The van der Waals surface area contributed by atoms with Crippen LogP contribution in [0.2, 0.25) is 0 Å². The number of rotatable bonds is 6. The van der Waals surface area contributed by atoms with Crippen LogP contribution in [-0.4, -0.2) is 34.3 Å². The molecule has 0 saturated carbocycles. The lowest BCUT2D eigenvalue weighted by Gasteiger charge is -2.06. The molecular formula is C13H14N4O3. The molecule has 0 fully saturated rings. The van der Waals surface area contributed by atoms with Crippen molar-refractivity contribution >= 4 is 12.2 Å². The Hall–Kier alpha value is -2.70. The molecule has 1 aromatic heterocycles. The Labute approximate surface area is 115 Å². The summed E-state index contributed by atoms with van der Waals surface area (Å²) in [5, 5.41) is 10.00. The van der Waals surface area contributed by atoms with Crippen molar-refractivity contribution in [2.75, 3.05) is 7.11 Å². The molecule has 0 unspecified atom stereocenters. The normalized spacial score (nSPS) is 10.1. The number of nitrogens with one attached hydrogen (secondary N) is 1. The standard InChI is InChI=1S/C13H14N4O3/c1-20-12-4-2-3-10(5-12)6-14-13(19)8-17-7-11(9-18)15-16-17/h2-5,7,9H,6,8H2,1H3,(H,14,19). The number of ether oxygens (including phenoxy) is 1. The van der Waals surface area contributed by atoms with E-state index in [0.717, 1.165) is 11.3 Å². The van der Waals surface area contributed by atoms with E-state index in [1.165, 1.54) is 10.9 Å². The molecule has 0 aliphatic heterocycles. The SMILES string of the molecule is COc1cccc(CNC(=O)Cn2cc(C=O)nn2)c1. The topological polar surface area (TPSA) is 86.1 Å². The molecule has 1 amide bonds. The van der Waals surface area contributed by atoms with E-state index in [4.69, 9.17) is 4.74 Å². The largest absolute Gasteiger partial charge is 0.497 e. The molecule has 0 spiro atoms. The molecule has 0 aliphatic carbocycles. The van der Waals surface area contributed by atoms with Gasteiger partial charge in [-0.15, -0.1) is 5.10 Å². The van der Waals surface area contributed by atoms with Crippen LogP contribution in [0.25, 0.3) is 0 Å². The number of carbonyl (C=O) groups is 2. The van der Waals surface area contributed by atoms with Gasteiger partial charge in [0, 0.05) is 6.54 Å². The molecule has 20 heavy (non-hydrogen) atoms. The van der Waals surface area contributed by atoms with E-state index in [2.05, 4.69) is 15.6 Å². The van der Waals surface area contributed by atoms with Crippen molar-refractivity contribution in [3.8, 4) is 5.75 Å². The first-order valence-electron chi connectivity index (χ1n) is 5.96. The summed E-state index contributed by atoms with van der Waals surface area (Å²) in [4.78, 5) is 22.2. The van der Waals surface area contributed by atoms with Crippen molar-refractivity contribution in [2.45, 2.75) is 13.1 Å². The van der Waals surface area contributed by atoms with E-state index in [0.29, 0.717) is 12.8 Å². The Morgan fingerprint density at radius 1 is 1.50 bits per heavy atom. The maximum absolute atomic E-state index is 11.7. The molecular weight excluding hydrogens is 260 g/mol. The molecule has 1 heterocycles. The van der Waals surface area contributed by atoms with Gasteiger partial charge in [0.1, 0.15) is 18.0 Å². The molecule has 0 saturated heterocycles. The van der Waals surface area contributed by atoms with Crippen LogP contribution in [0.4, 0.5) is 0 Å². The van der Waals surface area contributed by atoms with Crippen LogP contribution >= 0.6 is 0 Å². The lowest BCUT2D eigenvalue weighted by Crippen LogP contribution is -2.27. The first-order valence-corrected chi connectivity index (χ1v) is 5.96. The monoisotopic (exact) mass is 274 g/mol. The molecule has 0 atom stereocenters. The van der Waals surface area contributed by atoms with Crippen molar-refractivity contribution in [1.29, 1.82) is 0 Å². The van der Waals surface area contributed by atoms with Gasteiger partial charge in [0.15, 0.2) is 6.29 Å². The van der Waals surface area contributed by atoms with Crippen LogP contribution in [0.15, 0.2) is 30.5 Å². The number of aldehydes is 1. The molecule has 7 heteroatoms. The maximum atomic E-state index is 11.7. The van der Waals surface area contributed by atoms with Crippen LogP contribution in [0.5, 0.6) is 5.75 Å². The van der Waals surface area contributed by atoms with E-state index in [9.17, 15) is 9.59 Å². The average Bonchev–Trinajstić information content (AvgIpc) is 2.93. The van der Waals surface area contributed by atoms with Gasteiger partial charge in [0.25, 0.3) is 0 Å². The minimum absolute atomic E-state index is 0.0187. The first kappa shape index (κ1) is 13.7. The average molecular weight is 274 g/mol. The molecule has 7 nitrogen and oxygen atoms in total. The molecule has 2 rings (SSSR count). The second kappa shape index (κ2) is 6.46. The van der Waals surface area contributed by atoms with Crippen LogP contribution in [-0.2, 0) is 17.9 Å². The second-order valence-electron chi connectivity index (χ2n) is 4.09. The zero-order valence-electron chi connectivity index (χ0n) is 10.9. The Morgan fingerprint density at radius 3 is 3.05 bits per heavy atom. The van der Waals surface area contributed by atoms with Gasteiger partial charge in [-0.1, -0.05) is 17.3 Å². The predicted octanol–water partition coefficient (Wildman–Crippen LogP) is 0.416. The molecule has 0 aliphatic rings. The Balaban J connectivity index is 1.86. The number of hydrogen-bond acceptors (Lipinski definition) is 5. The Bertz CT molecular complexity index is 609. The zero-order valence-corrected chi connectivity index (χ0v) is 10.9. The smallest absolute Gasteiger partial charge is 0.242 e. The fraction of sp³-hybridized carbons (Fsp3) is 0.231. The van der Waals surface area contributed by atoms with Crippen molar-refractivity contribution < 1.29 is 14.3 Å². The third-order valence-corrected chi connectivity index (χ3v) is 2.61. The molecule has 2 aromatic rings. The highest BCUT2D eigenvalue weighted by Crippen LogP contribution is 2.11. The van der Waals surface area contributed by atoms with Gasteiger partial charge in [-0.25, -0.2) is 4.68 Å². The molecule has 1 aromatic carbocycles. The zero-order chi connectivity index (χ0) is 14.4. The van der Waals surface area contributed by atoms with Crippen molar-refractivity contribution in [3.63, 3.8) is 0 Å². The fourth-order valence-corrected chi connectivity index (χ4v) is 1.63. The summed E-state index contributed by atoms with van der Waals surface area (Å²) >= 11 is 0. The highest BCUT2D eigenvalue weighted by molar-refractivity contribution is 5.76. The minimum atomic E-state index is -0.213. The first-order chi connectivity index (χ1) is 9.71. The van der Waals surface area contributed by atoms with E-state index >= 15 is 0 Å². The third-order valence-electron chi connectivity index (χ3n) is 2.61. The number of nitrogens with zero attached hydrogens (tertiary/aromatic N) is 3. The van der Waals surface area contributed by atoms with Gasteiger partial charge in [0.2, 0.25) is 5.91 Å². The fourth-order valence-electron chi connectivity index (χ4n) is 1.63. The maximum Gasteiger partial charge on any atom is 0.242 e. The summed E-state index contributed by atoms with van der Waals surface area (Å²) in [5.74, 6) is 0.527. The number of hydrogen-bond donors (Lipinski definition) is 1. The van der Waals surface area contributed by atoms with Crippen molar-refractivity contribution in [1.82, 2.24) is 20.3 Å². The molecule has 1 N–H and O–H groups in total. The number of carbonyl (C=O) groups excluding carboxylic acids is 2. The molecule has 0 radical (unpaired) electrons. The molecule has 104 valence electrons. The van der Waals surface area contributed by atoms with Crippen LogP contribution < -0.4 is 10.1 Å². The van der Waals surface area contributed by atoms with E-state index in [-0.39, 0.29) is 18.1 Å². The Morgan fingerprint density at radius 2 is 2.35 bits per heavy atom. The van der Waals surface area contributed by atoms with Gasteiger partial charge in [-0.2, -0.15) is 0 Å². The summed E-state index contributed by atoms with van der Waals surface area (Å²) < 4.78 is 6.41. The summed E-state index contributed by atoms with van der Waals surface area (Å²) in [5.41, 5.74) is 1.13. The van der Waals surface area contributed by atoms with Crippen molar-refractivity contribution in [3.05, 3.63) is 41.7 Å². The van der Waals surface area contributed by atoms with Gasteiger partial charge in [0.05, 0.1) is 13.3 Å². The summed E-state index contributed by atoms with van der Waals surface area (Å²) in [6.07, 6.45) is 2.00. The van der Waals surface area contributed by atoms with Crippen LogP contribution in [0, 0.1) is 0 Å². The minimum Gasteiger partial charge on any atom is -0.497 e. The lowest BCUT2D eigenvalue weighted by molar-refractivity contribution is -0.122. The summed E-state index contributed by atoms with van der Waals surface area (Å²) in [7, 11) is 1.59. The third kappa shape index (κ3) is 3.64. The van der Waals surface area contributed by atoms with Crippen LogP contribution in [0.1, 0.15) is 16.1 Å². The quantitative estimate of drug-likeness (QED) is 0.771. The van der Waals surface area contributed by atoms with Gasteiger partial charge in [-0.3, -0.25) is 9.59 Å². The second-order valence-corrected chi connectivity index (χ2v) is 4.09. The van der Waals surface area contributed by atoms with Crippen LogP contribution in [0.3, 0.4) is 0 Å². The summed E-state index contributed by atoms with van der Waals surface area (Å²) in [6, 6.07) is 7.43. The van der Waals surface area contributed by atoms with Gasteiger partial charge in [-0.05, 0) is 17.7 Å². The predicted molar refractivity (Wildman–Crippen MR) is 70.3 cm³/mol.